The van der Waals surface area contributed by atoms with Gasteiger partial charge >= 0.3 is 0 Å². The molecule has 0 unspecified atom stereocenters. The maximum Gasteiger partial charge on any atom is 0.136 e. The molecule has 0 radical (unpaired) electrons. The molecule has 2 aliphatic rings. The van der Waals surface area contributed by atoms with Gasteiger partial charge in [-0.25, -0.2) is 13.8 Å². The van der Waals surface area contributed by atoms with Gasteiger partial charge in [-0.15, -0.1) is 0 Å². The fourth-order valence-electron chi connectivity index (χ4n) is 2.94. The Hall–Kier alpha value is -2.50. The molecule has 3 rings (SSSR count). The first-order valence-corrected chi connectivity index (χ1v) is 7.55. The molecule has 4 nitrogen and oxygen atoms in total. The fourth-order valence-corrected chi connectivity index (χ4v) is 2.94. The van der Waals surface area contributed by atoms with Gasteiger partial charge in [0.2, 0.25) is 0 Å². The van der Waals surface area contributed by atoms with Crippen molar-refractivity contribution in [2.24, 2.45) is 4.99 Å². The van der Waals surface area contributed by atoms with Crippen LogP contribution in [0.25, 0.3) is 0 Å². The minimum atomic E-state index is -0.434. The normalized spacial score (nSPS) is 22.7. The number of aliphatic imine (C=N–C) groups is 1. The summed E-state index contributed by atoms with van der Waals surface area (Å²) < 4.78 is 27.6. The van der Waals surface area contributed by atoms with Gasteiger partial charge in [-0.2, -0.15) is 0 Å². The maximum atomic E-state index is 14.1. The fraction of sp³-hybridized carbons (Fsp3) is 0.294. The quantitative estimate of drug-likeness (QED) is 0.821. The van der Waals surface area contributed by atoms with Gasteiger partial charge in [-0.1, -0.05) is 0 Å². The molecular formula is C17H18F2N4. The lowest BCUT2D eigenvalue weighted by atomic mass is 10.0. The molecule has 1 aromatic carbocycles. The van der Waals surface area contributed by atoms with Crippen molar-refractivity contribution in [3.8, 4) is 0 Å². The Morgan fingerprint density at radius 1 is 1.43 bits per heavy atom. The summed E-state index contributed by atoms with van der Waals surface area (Å²) in [5.41, 5.74) is 1.07. The minimum absolute atomic E-state index is 0.228. The highest BCUT2D eigenvalue weighted by Gasteiger charge is 2.30. The van der Waals surface area contributed by atoms with Crippen LogP contribution in [0.4, 0.5) is 8.78 Å². The summed E-state index contributed by atoms with van der Waals surface area (Å²) in [5, 5.41) is 10.3. The predicted molar refractivity (Wildman–Crippen MR) is 86.2 cm³/mol. The van der Waals surface area contributed by atoms with Crippen molar-refractivity contribution in [1.29, 1.82) is 5.41 Å². The number of amidine groups is 1. The number of likely N-dealkylation sites (tertiary alicyclic amines) is 1. The van der Waals surface area contributed by atoms with Crippen molar-refractivity contribution >= 4 is 12.1 Å². The van der Waals surface area contributed by atoms with E-state index in [4.69, 9.17) is 5.41 Å². The molecule has 0 aromatic heterocycles. The SMILES string of the molecule is C/C(C=N)=C1\N=C(N2CCC[C@@H]2c2cc(F)ccc2F)C=CN1. The lowest BCUT2D eigenvalue weighted by molar-refractivity contribution is 0.386. The lowest BCUT2D eigenvalue weighted by Crippen LogP contribution is -2.32. The molecule has 2 aliphatic heterocycles. The van der Waals surface area contributed by atoms with Crippen molar-refractivity contribution in [2.75, 3.05) is 6.54 Å². The van der Waals surface area contributed by atoms with E-state index < -0.39 is 11.6 Å². The standard InChI is InChI=1S/C17H18F2N4/c1-11(10-20)17-21-7-6-16(22-17)23-8-2-3-15(23)13-9-12(18)4-5-14(13)19/h4-7,9-10,15,20-21H,2-3,8H2,1H3/b17-11+,20-10?/t15-/m1/s1. The first kappa shape index (κ1) is 15.4. The monoisotopic (exact) mass is 316 g/mol. The van der Waals surface area contributed by atoms with Crippen LogP contribution < -0.4 is 5.32 Å². The number of hydrogen-bond acceptors (Lipinski definition) is 4. The van der Waals surface area contributed by atoms with Crippen LogP contribution in [0, 0.1) is 17.0 Å². The smallest absolute Gasteiger partial charge is 0.136 e. The average molecular weight is 316 g/mol. The zero-order chi connectivity index (χ0) is 16.4. The first-order valence-electron chi connectivity index (χ1n) is 7.55. The largest absolute Gasteiger partial charge is 0.349 e. The predicted octanol–water partition coefficient (Wildman–Crippen LogP) is 3.50. The van der Waals surface area contributed by atoms with E-state index in [1.165, 1.54) is 18.3 Å². The molecule has 1 saturated heterocycles. The summed E-state index contributed by atoms with van der Waals surface area (Å²) >= 11 is 0. The Labute approximate surface area is 133 Å². The summed E-state index contributed by atoms with van der Waals surface area (Å²) in [7, 11) is 0. The van der Waals surface area contributed by atoms with Crippen LogP contribution >= 0.6 is 0 Å². The highest BCUT2D eigenvalue weighted by atomic mass is 19.1. The Bertz CT molecular complexity index is 721. The molecule has 0 bridgehead atoms. The number of allylic oxidation sites excluding steroid dienone is 1. The lowest BCUT2D eigenvalue weighted by Gasteiger charge is -2.29. The van der Waals surface area contributed by atoms with Crippen LogP contribution in [0.15, 0.2) is 46.9 Å². The van der Waals surface area contributed by atoms with Gasteiger partial charge in [0, 0.05) is 30.1 Å². The summed E-state index contributed by atoms with van der Waals surface area (Å²) in [6.07, 6.45) is 6.45. The number of nitrogens with zero attached hydrogens (tertiary/aromatic N) is 2. The van der Waals surface area contributed by atoms with Crippen molar-refractivity contribution < 1.29 is 8.78 Å². The molecule has 6 heteroatoms. The van der Waals surface area contributed by atoms with E-state index in [2.05, 4.69) is 10.3 Å². The van der Waals surface area contributed by atoms with Gasteiger partial charge in [0.1, 0.15) is 23.3 Å². The molecule has 2 N–H and O–H groups in total. The minimum Gasteiger partial charge on any atom is -0.349 e. The number of hydrogen-bond donors (Lipinski definition) is 2. The van der Waals surface area contributed by atoms with Crippen LogP contribution in [0.5, 0.6) is 0 Å². The van der Waals surface area contributed by atoms with Crippen molar-refractivity contribution in [2.45, 2.75) is 25.8 Å². The van der Waals surface area contributed by atoms with E-state index in [1.807, 2.05) is 11.0 Å². The second kappa shape index (κ2) is 6.32. The van der Waals surface area contributed by atoms with Crippen molar-refractivity contribution in [3.63, 3.8) is 0 Å². The molecule has 1 atom stereocenters. The zero-order valence-corrected chi connectivity index (χ0v) is 12.8. The number of benzene rings is 1. The molecular weight excluding hydrogens is 298 g/mol. The third kappa shape index (κ3) is 3.02. The third-order valence-electron chi connectivity index (χ3n) is 4.13. The third-order valence-corrected chi connectivity index (χ3v) is 4.13. The van der Waals surface area contributed by atoms with E-state index in [1.54, 1.807) is 13.1 Å². The Morgan fingerprint density at radius 3 is 3.04 bits per heavy atom. The second-order valence-electron chi connectivity index (χ2n) is 5.64. The molecule has 0 amide bonds. The van der Waals surface area contributed by atoms with E-state index in [0.717, 1.165) is 25.5 Å². The highest BCUT2D eigenvalue weighted by Crippen LogP contribution is 2.34. The molecule has 120 valence electrons. The average Bonchev–Trinajstić information content (AvgIpc) is 3.06. The second-order valence-corrected chi connectivity index (χ2v) is 5.64. The molecule has 0 spiro atoms. The van der Waals surface area contributed by atoms with Crippen LogP contribution in [-0.2, 0) is 0 Å². The van der Waals surface area contributed by atoms with Gasteiger partial charge in [0.15, 0.2) is 0 Å². The maximum absolute atomic E-state index is 14.1. The van der Waals surface area contributed by atoms with Gasteiger partial charge in [0.05, 0.1) is 6.04 Å². The van der Waals surface area contributed by atoms with Crippen molar-refractivity contribution in [3.05, 3.63) is 59.1 Å². The topological polar surface area (TPSA) is 51.5 Å². The van der Waals surface area contributed by atoms with Gasteiger partial charge in [0.25, 0.3) is 0 Å². The van der Waals surface area contributed by atoms with Gasteiger partial charge < -0.3 is 15.6 Å². The molecule has 0 saturated carbocycles. The Balaban J connectivity index is 1.96. The van der Waals surface area contributed by atoms with Crippen LogP contribution in [-0.4, -0.2) is 23.5 Å². The number of rotatable bonds is 2. The Kier molecular flexibility index (Phi) is 4.23. The van der Waals surface area contributed by atoms with Gasteiger partial charge in [-0.05, 0) is 44.0 Å². The molecule has 1 aromatic rings. The molecule has 23 heavy (non-hydrogen) atoms. The van der Waals surface area contributed by atoms with E-state index in [0.29, 0.717) is 22.8 Å². The van der Waals surface area contributed by atoms with Gasteiger partial charge in [-0.3, -0.25) is 0 Å². The molecule has 1 fully saturated rings. The summed E-state index contributed by atoms with van der Waals surface area (Å²) in [6.45, 7) is 2.53. The summed E-state index contributed by atoms with van der Waals surface area (Å²) in [4.78, 5) is 6.51. The summed E-state index contributed by atoms with van der Waals surface area (Å²) in [5.74, 6) is 0.471. The van der Waals surface area contributed by atoms with E-state index in [9.17, 15) is 8.78 Å². The number of nitrogens with one attached hydrogen (secondary N) is 2. The van der Waals surface area contributed by atoms with Crippen LogP contribution in [0.1, 0.15) is 31.4 Å². The van der Waals surface area contributed by atoms with Crippen LogP contribution in [0.3, 0.4) is 0 Å². The Morgan fingerprint density at radius 2 is 2.26 bits per heavy atom. The van der Waals surface area contributed by atoms with E-state index >= 15 is 0 Å². The van der Waals surface area contributed by atoms with E-state index in [-0.39, 0.29) is 6.04 Å². The molecule has 0 aliphatic carbocycles. The zero-order valence-electron chi connectivity index (χ0n) is 12.8. The highest BCUT2D eigenvalue weighted by molar-refractivity contribution is 5.95. The molecule has 2 heterocycles. The summed E-state index contributed by atoms with van der Waals surface area (Å²) in [6, 6.07) is 3.34. The van der Waals surface area contributed by atoms with Crippen LogP contribution in [0.2, 0.25) is 0 Å². The van der Waals surface area contributed by atoms with Crippen molar-refractivity contribution in [1.82, 2.24) is 10.2 Å². The first-order chi connectivity index (χ1) is 11.1. The number of halogens is 2.